The molecule has 0 saturated heterocycles. The quantitative estimate of drug-likeness (QED) is 0.630. The molecule has 4 rings (SSSR count). The molecule has 3 N–H and O–H groups in total. The third-order valence-corrected chi connectivity index (χ3v) is 4.97. The topological polar surface area (TPSA) is 83.2 Å². The van der Waals surface area contributed by atoms with E-state index >= 15 is 0 Å². The lowest BCUT2D eigenvalue weighted by Gasteiger charge is -2.12. The van der Waals surface area contributed by atoms with Crippen LogP contribution in [0.15, 0.2) is 48.7 Å². The van der Waals surface area contributed by atoms with Crippen molar-refractivity contribution in [2.24, 2.45) is 0 Å². The maximum Gasteiger partial charge on any atom is 0.252 e. The molecule has 0 radical (unpaired) electrons. The lowest BCUT2D eigenvalue weighted by molar-refractivity contribution is -0.121. The smallest absolute Gasteiger partial charge is 0.252 e. The molecule has 0 unspecified atom stereocenters. The van der Waals surface area contributed by atoms with Gasteiger partial charge < -0.3 is 20.4 Å². The molecular weight excluding hydrogens is 342 g/mol. The van der Waals surface area contributed by atoms with Crippen molar-refractivity contribution in [2.45, 2.75) is 18.9 Å². The number of methoxy groups -OCH3 is 1. The van der Waals surface area contributed by atoms with Gasteiger partial charge in [0.15, 0.2) is 0 Å². The molecule has 2 aromatic carbocycles. The van der Waals surface area contributed by atoms with E-state index in [1.165, 1.54) is 0 Å². The molecule has 27 heavy (non-hydrogen) atoms. The first kappa shape index (κ1) is 17.1. The van der Waals surface area contributed by atoms with Crippen LogP contribution in [0, 0.1) is 0 Å². The Balaban J connectivity index is 1.35. The zero-order valence-corrected chi connectivity index (χ0v) is 15.0. The fourth-order valence-electron chi connectivity index (χ4n) is 3.57. The summed E-state index contributed by atoms with van der Waals surface area (Å²) < 4.78 is 5.28. The Kier molecular flexibility index (Phi) is 4.54. The van der Waals surface area contributed by atoms with E-state index in [1.54, 1.807) is 13.2 Å². The van der Waals surface area contributed by atoms with Gasteiger partial charge >= 0.3 is 0 Å². The van der Waals surface area contributed by atoms with Gasteiger partial charge in [-0.3, -0.25) is 9.59 Å². The Labute approximate surface area is 156 Å². The van der Waals surface area contributed by atoms with Gasteiger partial charge in [-0.1, -0.05) is 18.2 Å². The molecule has 0 saturated carbocycles. The average Bonchev–Trinajstić information content (AvgIpc) is 3.23. The summed E-state index contributed by atoms with van der Waals surface area (Å²) in [5, 5.41) is 6.92. The lowest BCUT2D eigenvalue weighted by atomic mass is 10.0. The number of carbonyl (C=O) groups is 2. The van der Waals surface area contributed by atoms with Crippen LogP contribution in [0.3, 0.4) is 0 Å². The van der Waals surface area contributed by atoms with Gasteiger partial charge in [0.05, 0.1) is 19.6 Å². The number of benzene rings is 2. The van der Waals surface area contributed by atoms with Crippen LogP contribution in [0.4, 0.5) is 0 Å². The molecule has 3 aromatic rings. The second-order valence-electron chi connectivity index (χ2n) is 6.64. The van der Waals surface area contributed by atoms with Gasteiger partial charge in [0.2, 0.25) is 5.91 Å². The van der Waals surface area contributed by atoms with Gasteiger partial charge in [-0.05, 0) is 41.8 Å². The highest BCUT2D eigenvalue weighted by Gasteiger charge is 2.29. The summed E-state index contributed by atoms with van der Waals surface area (Å²) in [5.41, 5.74) is 3.72. The van der Waals surface area contributed by atoms with Crippen LogP contribution in [0.2, 0.25) is 0 Å². The minimum atomic E-state index is -0.258. The van der Waals surface area contributed by atoms with Crippen molar-refractivity contribution in [3.05, 3.63) is 65.4 Å². The zero-order chi connectivity index (χ0) is 18.8. The number of hydrogen-bond acceptors (Lipinski definition) is 3. The summed E-state index contributed by atoms with van der Waals surface area (Å²) in [6.07, 6.45) is 2.92. The van der Waals surface area contributed by atoms with Gasteiger partial charge in [0.25, 0.3) is 5.91 Å². The SMILES string of the molecule is COc1ccc2[nH]cc(CCNC(=O)C[C@H]3NC(=O)c4ccccc43)c2c1. The number of aromatic nitrogens is 1. The molecule has 0 fully saturated rings. The molecule has 0 aliphatic carbocycles. The molecule has 6 nitrogen and oxygen atoms in total. The van der Waals surface area contributed by atoms with E-state index in [2.05, 4.69) is 15.6 Å². The molecule has 1 aromatic heterocycles. The third-order valence-electron chi connectivity index (χ3n) is 4.97. The van der Waals surface area contributed by atoms with E-state index in [0.717, 1.165) is 27.8 Å². The van der Waals surface area contributed by atoms with E-state index in [0.29, 0.717) is 18.5 Å². The van der Waals surface area contributed by atoms with Crippen LogP contribution >= 0.6 is 0 Å². The van der Waals surface area contributed by atoms with Gasteiger partial charge in [0, 0.05) is 29.2 Å². The van der Waals surface area contributed by atoms with Crippen molar-refractivity contribution in [1.29, 1.82) is 0 Å². The Bertz CT molecular complexity index is 1010. The van der Waals surface area contributed by atoms with E-state index < -0.39 is 0 Å². The Hall–Kier alpha value is -3.28. The highest BCUT2D eigenvalue weighted by molar-refractivity contribution is 5.99. The van der Waals surface area contributed by atoms with Crippen LogP contribution in [0.5, 0.6) is 5.75 Å². The molecule has 1 atom stereocenters. The van der Waals surface area contributed by atoms with Crippen molar-refractivity contribution in [2.75, 3.05) is 13.7 Å². The van der Waals surface area contributed by atoms with Crippen LogP contribution in [0.25, 0.3) is 10.9 Å². The normalized spacial score (nSPS) is 15.4. The van der Waals surface area contributed by atoms with E-state index in [-0.39, 0.29) is 24.3 Å². The number of aromatic amines is 1. The number of carbonyl (C=O) groups excluding carboxylic acids is 2. The fraction of sp³-hybridized carbons (Fsp3) is 0.238. The largest absolute Gasteiger partial charge is 0.497 e. The second kappa shape index (κ2) is 7.15. The minimum absolute atomic E-state index is 0.0746. The number of rotatable bonds is 6. The summed E-state index contributed by atoms with van der Waals surface area (Å²) in [6, 6.07) is 13.0. The summed E-state index contributed by atoms with van der Waals surface area (Å²) in [6.45, 7) is 0.533. The van der Waals surface area contributed by atoms with Crippen LogP contribution in [-0.4, -0.2) is 30.5 Å². The van der Waals surface area contributed by atoms with Crippen molar-refractivity contribution >= 4 is 22.7 Å². The highest BCUT2D eigenvalue weighted by atomic mass is 16.5. The van der Waals surface area contributed by atoms with Crippen LogP contribution in [-0.2, 0) is 11.2 Å². The maximum absolute atomic E-state index is 12.3. The Morgan fingerprint density at radius 2 is 2.07 bits per heavy atom. The van der Waals surface area contributed by atoms with Crippen molar-refractivity contribution < 1.29 is 14.3 Å². The number of H-pyrrole nitrogens is 1. The molecule has 0 spiro atoms. The molecule has 2 amide bonds. The number of fused-ring (bicyclic) bond motifs is 2. The number of hydrogen-bond donors (Lipinski definition) is 3. The zero-order valence-electron chi connectivity index (χ0n) is 15.0. The molecule has 138 valence electrons. The van der Waals surface area contributed by atoms with E-state index in [1.807, 2.05) is 42.6 Å². The third kappa shape index (κ3) is 3.38. The van der Waals surface area contributed by atoms with Gasteiger partial charge in [-0.25, -0.2) is 0 Å². The highest BCUT2D eigenvalue weighted by Crippen LogP contribution is 2.27. The molecule has 1 aliphatic rings. The minimum Gasteiger partial charge on any atom is -0.497 e. The molecule has 1 aliphatic heterocycles. The maximum atomic E-state index is 12.3. The Morgan fingerprint density at radius 3 is 2.93 bits per heavy atom. The first-order valence-corrected chi connectivity index (χ1v) is 8.96. The molecule has 0 bridgehead atoms. The predicted octanol–water partition coefficient (Wildman–Crippen LogP) is 2.71. The van der Waals surface area contributed by atoms with Crippen molar-refractivity contribution in [3.8, 4) is 5.75 Å². The van der Waals surface area contributed by atoms with Gasteiger partial charge in [0.1, 0.15) is 5.75 Å². The Morgan fingerprint density at radius 1 is 1.22 bits per heavy atom. The molecule has 6 heteroatoms. The first-order valence-electron chi connectivity index (χ1n) is 8.96. The number of ether oxygens (including phenoxy) is 1. The fourth-order valence-corrected chi connectivity index (χ4v) is 3.57. The number of amides is 2. The standard InChI is InChI=1S/C21H21N3O3/c1-27-14-6-7-18-17(10-14)13(12-23-18)8-9-22-20(25)11-19-15-4-2-3-5-16(15)21(26)24-19/h2-7,10,12,19,23H,8-9,11H2,1H3,(H,22,25)(H,24,26)/t19-/m1/s1. The monoisotopic (exact) mass is 363 g/mol. The molecule has 2 heterocycles. The summed E-state index contributed by atoms with van der Waals surface area (Å²) in [5.74, 6) is 0.619. The lowest BCUT2D eigenvalue weighted by Crippen LogP contribution is -2.30. The van der Waals surface area contributed by atoms with Crippen molar-refractivity contribution in [3.63, 3.8) is 0 Å². The van der Waals surface area contributed by atoms with Gasteiger partial charge in [-0.2, -0.15) is 0 Å². The number of nitrogens with one attached hydrogen (secondary N) is 3. The average molecular weight is 363 g/mol. The van der Waals surface area contributed by atoms with Crippen LogP contribution in [0.1, 0.15) is 33.9 Å². The predicted molar refractivity (Wildman–Crippen MR) is 103 cm³/mol. The van der Waals surface area contributed by atoms with E-state index in [9.17, 15) is 9.59 Å². The summed E-state index contributed by atoms with van der Waals surface area (Å²) in [4.78, 5) is 27.5. The van der Waals surface area contributed by atoms with Crippen LogP contribution < -0.4 is 15.4 Å². The molecular formula is C21H21N3O3. The first-order chi connectivity index (χ1) is 13.2. The summed E-state index contributed by atoms with van der Waals surface area (Å²) >= 11 is 0. The van der Waals surface area contributed by atoms with Gasteiger partial charge in [-0.15, -0.1) is 0 Å². The van der Waals surface area contributed by atoms with Crippen molar-refractivity contribution in [1.82, 2.24) is 15.6 Å². The van der Waals surface area contributed by atoms with E-state index in [4.69, 9.17) is 4.74 Å². The summed E-state index contributed by atoms with van der Waals surface area (Å²) in [7, 11) is 1.65. The second-order valence-corrected chi connectivity index (χ2v) is 6.64.